The highest BCUT2D eigenvalue weighted by atomic mass is 16.3. The lowest BCUT2D eigenvalue weighted by atomic mass is 10.0. The molecule has 0 unspecified atom stereocenters. The molecule has 0 saturated heterocycles. The van der Waals surface area contributed by atoms with Crippen LogP contribution in [0.5, 0.6) is 5.75 Å². The minimum absolute atomic E-state index is 0.0746. The van der Waals surface area contributed by atoms with Crippen LogP contribution in [0.3, 0.4) is 0 Å². The normalized spacial score (nSPS) is 11.3. The van der Waals surface area contributed by atoms with Crippen LogP contribution in [0.15, 0.2) is 71.8 Å². The lowest BCUT2D eigenvalue weighted by Gasteiger charge is -2.10. The predicted octanol–water partition coefficient (Wildman–Crippen LogP) is 5.70. The number of Topliss-reactive ketones (excluding diaryl/α,β-unsaturated/α-hetero) is 1. The Morgan fingerprint density at radius 3 is 2.39 bits per heavy atom. The van der Waals surface area contributed by atoms with Crippen molar-refractivity contribution in [3.05, 3.63) is 77.9 Å². The molecule has 3 aromatic rings. The first-order valence-electron chi connectivity index (χ1n) is 13.4. The number of phenolic OH excluding ortho intramolecular Hbond substituents is 1. The van der Waals surface area contributed by atoms with Crippen LogP contribution in [0, 0.1) is 0 Å². The molecule has 0 heterocycles. The summed E-state index contributed by atoms with van der Waals surface area (Å²) in [6.07, 6.45) is 5.66. The Labute approximate surface area is 224 Å². The second-order valence-corrected chi connectivity index (χ2v) is 9.41. The van der Waals surface area contributed by atoms with Gasteiger partial charge in [0.1, 0.15) is 11.5 Å². The summed E-state index contributed by atoms with van der Waals surface area (Å²) in [5, 5.41) is 18.9. The number of unbranched alkanes of at least 4 members (excludes halogenated alkanes) is 3. The van der Waals surface area contributed by atoms with Gasteiger partial charge in [-0.05, 0) is 41.7 Å². The van der Waals surface area contributed by atoms with Gasteiger partial charge in [-0.3, -0.25) is 14.4 Å². The summed E-state index contributed by atoms with van der Waals surface area (Å²) in [5.74, 6) is -0.916. The zero-order valence-corrected chi connectivity index (χ0v) is 22.0. The molecule has 0 aliphatic carbocycles. The molecular formula is C31H37N3O4. The average Bonchev–Trinajstić information content (AvgIpc) is 2.93. The van der Waals surface area contributed by atoms with Crippen LogP contribution in [0.25, 0.3) is 10.8 Å². The zero-order chi connectivity index (χ0) is 27.2. The van der Waals surface area contributed by atoms with Gasteiger partial charge in [-0.15, -0.1) is 0 Å². The van der Waals surface area contributed by atoms with Gasteiger partial charge in [-0.2, -0.15) is 5.10 Å². The van der Waals surface area contributed by atoms with Crippen LogP contribution in [0.4, 0.5) is 0 Å². The highest BCUT2D eigenvalue weighted by Gasteiger charge is 2.16. The van der Waals surface area contributed by atoms with Gasteiger partial charge in [-0.1, -0.05) is 86.8 Å². The molecule has 0 saturated carbocycles. The number of hydrazone groups is 1. The summed E-state index contributed by atoms with van der Waals surface area (Å²) >= 11 is 0. The minimum atomic E-state index is -0.532. The monoisotopic (exact) mass is 515 g/mol. The minimum Gasteiger partial charge on any atom is -0.507 e. The summed E-state index contributed by atoms with van der Waals surface area (Å²) in [4.78, 5) is 37.8. The van der Waals surface area contributed by atoms with Crippen LogP contribution in [0.1, 0.15) is 74.2 Å². The number of hydrogen-bond donors (Lipinski definition) is 3. The second kappa shape index (κ2) is 15.3. The number of carbonyl (C=O) groups excluding carboxylic acids is 3. The number of nitrogens with zero attached hydrogens (tertiary/aromatic N) is 1. The maximum Gasteiger partial charge on any atom is 0.275 e. The van der Waals surface area contributed by atoms with E-state index in [9.17, 15) is 19.5 Å². The van der Waals surface area contributed by atoms with Crippen LogP contribution in [-0.4, -0.2) is 35.0 Å². The molecule has 0 aliphatic rings. The molecule has 38 heavy (non-hydrogen) atoms. The molecule has 200 valence electrons. The van der Waals surface area contributed by atoms with Crippen molar-refractivity contribution in [2.75, 3.05) is 6.54 Å². The molecule has 0 radical (unpaired) electrons. The number of nitrogens with one attached hydrogen (secondary N) is 2. The van der Waals surface area contributed by atoms with E-state index in [4.69, 9.17) is 0 Å². The predicted molar refractivity (Wildman–Crippen MR) is 151 cm³/mol. The van der Waals surface area contributed by atoms with Crippen molar-refractivity contribution in [2.45, 2.75) is 64.7 Å². The third-order valence-corrected chi connectivity index (χ3v) is 6.38. The summed E-state index contributed by atoms with van der Waals surface area (Å²) in [7, 11) is 0. The molecule has 2 amide bonds. The molecule has 7 heteroatoms. The van der Waals surface area contributed by atoms with E-state index in [0.717, 1.165) is 43.1 Å². The Morgan fingerprint density at radius 1 is 0.842 bits per heavy atom. The van der Waals surface area contributed by atoms with E-state index in [1.807, 2.05) is 42.5 Å². The van der Waals surface area contributed by atoms with Crippen LogP contribution in [-0.2, 0) is 16.0 Å². The van der Waals surface area contributed by atoms with Gasteiger partial charge >= 0.3 is 0 Å². The number of aromatic hydroxyl groups is 1. The van der Waals surface area contributed by atoms with Gasteiger partial charge in [0.2, 0.25) is 5.91 Å². The number of amides is 2. The molecule has 0 atom stereocenters. The van der Waals surface area contributed by atoms with Crippen LogP contribution in [0.2, 0.25) is 0 Å². The number of fused-ring (bicyclic) bond motifs is 1. The van der Waals surface area contributed by atoms with Crippen molar-refractivity contribution in [1.29, 1.82) is 0 Å². The molecule has 3 aromatic carbocycles. The summed E-state index contributed by atoms with van der Waals surface area (Å²) in [6.45, 7) is 2.65. The molecule has 0 fully saturated rings. The first kappa shape index (κ1) is 28.6. The first-order valence-corrected chi connectivity index (χ1v) is 13.4. The van der Waals surface area contributed by atoms with Crippen molar-refractivity contribution in [1.82, 2.24) is 10.7 Å². The molecule has 0 aliphatic heterocycles. The van der Waals surface area contributed by atoms with Gasteiger partial charge in [0.15, 0.2) is 0 Å². The smallest absolute Gasteiger partial charge is 0.275 e. The fourth-order valence-electron chi connectivity index (χ4n) is 4.27. The molecule has 0 spiro atoms. The molecule has 0 bridgehead atoms. The number of phenols is 1. The van der Waals surface area contributed by atoms with E-state index in [1.165, 1.54) is 6.07 Å². The Morgan fingerprint density at radius 2 is 1.61 bits per heavy atom. The van der Waals surface area contributed by atoms with E-state index in [1.54, 1.807) is 18.2 Å². The molecular weight excluding hydrogens is 478 g/mol. The number of benzene rings is 3. The summed E-state index contributed by atoms with van der Waals surface area (Å²) in [6, 6.07) is 20.4. The van der Waals surface area contributed by atoms with Crippen LogP contribution >= 0.6 is 0 Å². The summed E-state index contributed by atoms with van der Waals surface area (Å²) < 4.78 is 0. The van der Waals surface area contributed by atoms with Crippen molar-refractivity contribution in [3.8, 4) is 5.75 Å². The van der Waals surface area contributed by atoms with Gasteiger partial charge in [0.05, 0.1) is 5.56 Å². The number of ketones is 1. The fraction of sp³-hybridized carbons (Fsp3) is 0.355. The SMILES string of the molecule is CCCCCC/C(CC(=O)CCC(=O)NCCc1ccccc1)=N\NC(=O)c1c(O)ccc2ccccc12. The van der Waals surface area contributed by atoms with E-state index < -0.39 is 5.91 Å². The van der Waals surface area contributed by atoms with E-state index >= 15 is 0 Å². The van der Waals surface area contributed by atoms with Crippen LogP contribution < -0.4 is 10.7 Å². The van der Waals surface area contributed by atoms with Gasteiger partial charge in [0.25, 0.3) is 5.91 Å². The van der Waals surface area contributed by atoms with E-state index in [2.05, 4.69) is 22.8 Å². The quantitative estimate of drug-likeness (QED) is 0.137. The third kappa shape index (κ3) is 9.14. The third-order valence-electron chi connectivity index (χ3n) is 6.38. The maximum atomic E-state index is 12.9. The summed E-state index contributed by atoms with van der Waals surface area (Å²) in [5.41, 5.74) is 4.41. The average molecular weight is 516 g/mol. The van der Waals surface area contributed by atoms with Crippen molar-refractivity contribution < 1.29 is 19.5 Å². The molecule has 0 aromatic heterocycles. The topological polar surface area (TPSA) is 108 Å². The lowest BCUT2D eigenvalue weighted by Crippen LogP contribution is -2.26. The Hall–Kier alpha value is -4.00. The molecule has 3 rings (SSSR count). The Balaban J connectivity index is 1.56. The fourth-order valence-corrected chi connectivity index (χ4v) is 4.27. The molecule has 3 N–H and O–H groups in total. The van der Waals surface area contributed by atoms with E-state index in [0.29, 0.717) is 24.1 Å². The first-order chi connectivity index (χ1) is 18.5. The Bertz CT molecular complexity index is 1250. The zero-order valence-electron chi connectivity index (χ0n) is 22.0. The van der Waals surface area contributed by atoms with Crippen molar-refractivity contribution in [2.24, 2.45) is 5.10 Å². The van der Waals surface area contributed by atoms with E-state index in [-0.39, 0.29) is 42.3 Å². The highest BCUT2D eigenvalue weighted by molar-refractivity contribution is 6.10. The standard InChI is InChI=1S/C31H37N3O4/c1-2-3-4-8-14-25(22-26(35)17-19-29(37)32-21-20-23-11-6-5-7-12-23)33-34-31(38)30-27-15-10-9-13-24(27)16-18-28(30)36/h5-7,9-13,15-16,18,36H,2-4,8,14,17,19-22H2,1H3,(H,32,37)(H,34,38)/b33-25+. The second-order valence-electron chi connectivity index (χ2n) is 9.41. The number of carbonyl (C=O) groups is 3. The highest BCUT2D eigenvalue weighted by Crippen LogP contribution is 2.27. The van der Waals surface area contributed by atoms with Gasteiger partial charge in [0, 0.05) is 31.5 Å². The Kier molecular flexibility index (Phi) is 11.5. The lowest BCUT2D eigenvalue weighted by molar-refractivity contribution is -0.124. The maximum absolute atomic E-state index is 12.9. The number of rotatable bonds is 15. The van der Waals surface area contributed by atoms with Crippen molar-refractivity contribution >= 4 is 34.1 Å². The van der Waals surface area contributed by atoms with Gasteiger partial charge in [-0.25, -0.2) is 5.43 Å². The van der Waals surface area contributed by atoms with Gasteiger partial charge < -0.3 is 10.4 Å². The molecule has 7 nitrogen and oxygen atoms in total. The van der Waals surface area contributed by atoms with Crippen molar-refractivity contribution in [3.63, 3.8) is 0 Å². The number of hydrogen-bond acceptors (Lipinski definition) is 5. The largest absolute Gasteiger partial charge is 0.507 e.